The van der Waals surface area contributed by atoms with Gasteiger partial charge in [-0.25, -0.2) is 0 Å². The van der Waals surface area contributed by atoms with Gasteiger partial charge in [0.25, 0.3) is 5.91 Å². The van der Waals surface area contributed by atoms with Crippen molar-refractivity contribution in [3.05, 3.63) is 108 Å². The average Bonchev–Trinajstić information content (AvgIpc) is 3.26. The summed E-state index contributed by atoms with van der Waals surface area (Å²) >= 11 is 0. The van der Waals surface area contributed by atoms with Crippen LogP contribution in [-0.4, -0.2) is 12.5 Å². The quantitative estimate of drug-likeness (QED) is 0.427. The number of nitrogens with one attached hydrogen (secondary N) is 1. The maximum Gasteiger partial charge on any atom is 0.252 e. The molecule has 1 amide bonds. The highest BCUT2D eigenvalue weighted by atomic mass is 16.3. The minimum Gasteiger partial charge on any atom is -0.464 e. The Labute approximate surface area is 171 Å². The van der Waals surface area contributed by atoms with Gasteiger partial charge >= 0.3 is 0 Å². The van der Waals surface area contributed by atoms with Crippen molar-refractivity contribution in [3.63, 3.8) is 0 Å². The third kappa shape index (κ3) is 4.94. The fourth-order valence-electron chi connectivity index (χ4n) is 3.76. The molecule has 4 aromatic rings. The second kappa shape index (κ2) is 9.24. The molecular formula is C26H25NO2. The van der Waals surface area contributed by atoms with Gasteiger partial charge in [0.15, 0.2) is 0 Å². The van der Waals surface area contributed by atoms with Gasteiger partial charge in [0.1, 0.15) is 5.58 Å². The van der Waals surface area contributed by atoms with E-state index in [4.69, 9.17) is 4.42 Å². The molecule has 1 unspecified atom stereocenters. The van der Waals surface area contributed by atoms with Gasteiger partial charge < -0.3 is 9.73 Å². The first-order valence-electron chi connectivity index (χ1n) is 10.1. The Morgan fingerprint density at radius 3 is 2.31 bits per heavy atom. The number of benzene rings is 3. The molecule has 1 heterocycles. The van der Waals surface area contributed by atoms with Crippen molar-refractivity contribution in [1.82, 2.24) is 5.32 Å². The molecule has 0 aliphatic carbocycles. The predicted molar refractivity (Wildman–Crippen MR) is 117 cm³/mol. The molecule has 1 aromatic heterocycles. The number of furan rings is 1. The second-order valence-corrected chi connectivity index (χ2v) is 7.43. The Kier molecular flexibility index (Phi) is 6.06. The Hall–Kier alpha value is -3.33. The summed E-state index contributed by atoms with van der Waals surface area (Å²) in [5.41, 5.74) is 4.04. The molecule has 0 saturated heterocycles. The first-order valence-corrected chi connectivity index (χ1v) is 10.1. The van der Waals surface area contributed by atoms with Crippen molar-refractivity contribution in [2.45, 2.75) is 19.3 Å². The van der Waals surface area contributed by atoms with Gasteiger partial charge in [0.2, 0.25) is 0 Å². The largest absolute Gasteiger partial charge is 0.464 e. The summed E-state index contributed by atoms with van der Waals surface area (Å²) in [6, 6.07) is 28.5. The van der Waals surface area contributed by atoms with E-state index < -0.39 is 0 Å². The summed E-state index contributed by atoms with van der Waals surface area (Å²) in [5, 5.41) is 4.01. The fourth-order valence-corrected chi connectivity index (χ4v) is 3.76. The van der Waals surface area contributed by atoms with E-state index >= 15 is 0 Å². The molecule has 29 heavy (non-hydrogen) atoms. The minimum atomic E-state index is -0.0465. The summed E-state index contributed by atoms with van der Waals surface area (Å²) in [6.07, 6.45) is 4.60. The molecule has 0 bridgehead atoms. The van der Waals surface area contributed by atoms with Gasteiger partial charge in [-0.15, -0.1) is 0 Å². The second-order valence-electron chi connectivity index (χ2n) is 7.43. The van der Waals surface area contributed by atoms with Crippen LogP contribution < -0.4 is 5.32 Å². The topological polar surface area (TPSA) is 42.2 Å². The van der Waals surface area contributed by atoms with E-state index in [1.807, 2.05) is 36.4 Å². The van der Waals surface area contributed by atoms with Crippen molar-refractivity contribution < 1.29 is 9.21 Å². The normalized spacial score (nSPS) is 12.0. The number of fused-ring (bicyclic) bond motifs is 1. The zero-order valence-corrected chi connectivity index (χ0v) is 16.4. The predicted octanol–water partition coefficient (Wildman–Crippen LogP) is 5.65. The standard InChI is InChI=1S/C26H25NO2/c28-26(24-12-7-13-25-23(24)16-17-29-25)27-19-22(18-21-10-5-2-6-11-21)15-14-20-8-3-1-4-9-20/h1-13,16-17,22H,14-15,18-19H2,(H,27,28). The van der Waals surface area contributed by atoms with E-state index in [0.29, 0.717) is 18.0 Å². The first-order chi connectivity index (χ1) is 14.3. The minimum absolute atomic E-state index is 0.0465. The van der Waals surface area contributed by atoms with Crippen LogP contribution in [-0.2, 0) is 12.8 Å². The van der Waals surface area contributed by atoms with Crippen molar-refractivity contribution in [1.29, 1.82) is 0 Å². The third-order valence-electron chi connectivity index (χ3n) is 5.34. The van der Waals surface area contributed by atoms with E-state index in [9.17, 15) is 4.79 Å². The number of aryl methyl sites for hydroxylation is 1. The summed E-state index contributed by atoms with van der Waals surface area (Å²) in [7, 11) is 0. The zero-order chi connectivity index (χ0) is 19.9. The molecule has 1 atom stereocenters. The van der Waals surface area contributed by atoms with Gasteiger partial charge in [-0.3, -0.25) is 4.79 Å². The third-order valence-corrected chi connectivity index (χ3v) is 5.34. The molecule has 3 heteroatoms. The van der Waals surface area contributed by atoms with Crippen LogP contribution >= 0.6 is 0 Å². The van der Waals surface area contributed by atoms with Crippen LogP contribution in [0.2, 0.25) is 0 Å². The molecule has 0 radical (unpaired) electrons. The number of hydrogen-bond acceptors (Lipinski definition) is 2. The van der Waals surface area contributed by atoms with Crippen LogP contribution in [0.4, 0.5) is 0 Å². The van der Waals surface area contributed by atoms with Gasteiger partial charge in [-0.2, -0.15) is 0 Å². The molecule has 1 N–H and O–H groups in total. The zero-order valence-electron chi connectivity index (χ0n) is 16.4. The molecule has 0 aliphatic rings. The summed E-state index contributed by atoms with van der Waals surface area (Å²) in [6.45, 7) is 0.648. The van der Waals surface area contributed by atoms with Crippen molar-refractivity contribution in [3.8, 4) is 0 Å². The number of carbonyl (C=O) groups excluding carboxylic acids is 1. The number of rotatable bonds is 8. The summed E-state index contributed by atoms with van der Waals surface area (Å²) in [5.74, 6) is 0.319. The Morgan fingerprint density at radius 2 is 1.55 bits per heavy atom. The van der Waals surface area contributed by atoms with Gasteiger partial charge in [-0.1, -0.05) is 66.7 Å². The lowest BCUT2D eigenvalue weighted by Gasteiger charge is -2.18. The Balaban J connectivity index is 1.44. The maximum atomic E-state index is 12.8. The smallest absolute Gasteiger partial charge is 0.252 e. The molecule has 0 spiro atoms. The molecule has 3 nitrogen and oxygen atoms in total. The lowest BCUT2D eigenvalue weighted by molar-refractivity contribution is 0.0948. The highest BCUT2D eigenvalue weighted by molar-refractivity contribution is 6.05. The molecule has 146 valence electrons. The Bertz CT molecular complexity index is 1050. The van der Waals surface area contributed by atoms with Gasteiger partial charge in [0.05, 0.1) is 11.8 Å². The number of carbonyl (C=O) groups is 1. The first kappa shape index (κ1) is 19.0. The van der Waals surface area contributed by atoms with Crippen molar-refractivity contribution >= 4 is 16.9 Å². The van der Waals surface area contributed by atoms with Crippen LogP contribution in [0, 0.1) is 5.92 Å². The maximum absolute atomic E-state index is 12.8. The Morgan fingerprint density at radius 1 is 0.828 bits per heavy atom. The lowest BCUT2D eigenvalue weighted by Crippen LogP contribution is -2.30. The van der Waals surface area contributed by atoms with Crippen LogP contribution in [0.3, 0.4) is 0 Å². The molecule has 0 fully saturated rings. The molecular weight excluding hydrogens is 358 g/mol. The molecule has 0 saturated carbocycles. The fraction of sp³-hybridized carbons (Fsp3) is 0.192. The van der Waals surface area contributed by atoms with Crippen LogP contribution in [0.25, 0.3) is 11.0 Å². The van der Waals surface area contributed by atoms with E-state index in [2.05, 4.69) is 53.8 Å². The van der Waals surface area contributed by atoms with E-state index in [1.165, 1.54) is 11.1 Å². The summed E-state index contributed by atoms with van der Waals surface area (Å²) in [4.78, 5) is 12.8. The number of hydrogen-bond donors (Lipinski definition) is 1. The van der Waals surface area contributed by atoms with Crippen LogP contribution in [0.15, 0.2) is 95.6 Å². The monoisotopic (exact) mass is 383 g/mol. The van der Waals surface area contributed by atoms with E-state index in [0.717, 1.165) is 30.2 Å². The highest BCUT2D eigenvalue weighted by Crippen LogP contribution is 2.20. The molecule has 4 rings (SSSR count). The highest BCUT2D eigenvalue weighted by Gasteiger charge is 2.15. The van der Waals surface area contributed by atoms with Crippen molar-refractivity contribution in [2.75, 3.05) is 6.54 Å². The van der Waals surface area contributed by atoms with E-state index in [1.54, 1.807) is 6.26 Å². The average molecular weight is 383 g/mol. The molecule has 3 aromatic carbocycles. The lowest BCUT2D eigenvalue weighted by atomic mass is 9.92. The van der Waals surface area contributed by atoms with Crippen molar-refractivity contribution in [2.24, 2.45) is 5.92 Å². The van der Waals surface area contributed by atoms with Crippen LogP contribution in [0.5, 0.6) is 0 Å². The SMILES string of the molecule is O=C(NCC(CCc1ccccc1)Cc1ccccc1)c1cccc2occc12. The number of amides is 1. The van der Waals surface area contributed by atoms with E-state index in [-0.39, 0.29) is 5.91 Å². The molecule has 0 aliphatic heterocycles. The van der Waals surface area contributed by atoms with Gasteiger partial charge in [0, 0.05) is 11.9 Å². The van der Waals surface area contributed by atoms with Crippen LogP contribution in [0.1, 0.15) is 27.9 Å². The summed E-state index contributed by atoms with van der Waals surface area (Å²) < 4.78 is 5.42. The van der Waals surface area contributed by atoms with Gasteiger partial charge in [-0.05, 0) is 54.5 Å².